The minimum atomic E-state index is 0.870. The lowest BCUT2D eigenvalue weighted by molar-refractivity contribution is 0.706. The number of benzene rings is 4. The first-order chi connectivity index (χ1) is 27.7. The third-order valence-corrected chi connectivity index (χ3v) is 13.2. The number of rotatable bonds is 19. The van der Waals surface area contributed by atoms with Gasteiger partial charge in [0.2, 0.25) is 0 Å². The van der Waals surface area contributed by atoms with Gasteiger partial charge in [0.25, 0.3) is 0 Å². The zero-order valence-electron chi connectivity index (χ0n) is 32.6. The van der Waals surface area contributed by atoms with Crippen molar-refractivity contribution in [1.82, 2.24) is 9.97 Å². The summed E-state index contributed by atoms with van der Waals surface area (Å²) in [5, 5.41) is 0. The fourth-order valence-corrected chi connectivity index (χ4v) is 9.59. The van der Waals surface area contributed by atoms with Crippen molar-refractivity contribution in [3.05, 3.63) is 152 Å². The number of thioether (sulfide) groups is 2. The lowest BCUT2D eigenvalue weighted by atomic mass is 10.1. The molecule has 6 heteroatoms. The zero-order valence-corrected chi connectivity index (χ0v) is 35.0. The molecule has 0 saturated carbocycles. The number of aromatic nitrogens is 2. The average Bonchev–Trinajstić information content (AvgIpc) is 3.76. The van der Waals surface area contributed by atoms with Gasteiger partial charge in [-0.15, -0.1) is 34.9 Å². The highest BCUT2D eigenvalue weighted by molar-refractivity contribution is 7.99. The number of unbranched alkanes of at least 4 members (excludes halogenated alkanes) is 6. The molecule has 0 spiro atoms. The van der Waals surface area contributed by atoms with Gasteiger partial charge in [-0.3, -0.25) is 4.98 Å². The van der Waals surface area contributed by atoms with Gasteiger partial charge in [0, 0.05) is 48.4 Å². The lowest BCUT2D eigenvalue weighted by Crippen LogP contribution is -2.09. The highest BCUT2D eigenvalue weighted by Crippen LogP contribution is 2.40. The molecule has 0 fully saturated rings. The summed E-state index contributed by atoms with van der Waals surface area (Å²) in [4.78, 5) is 17.1. The van der Waals surface area contributed by atoms with Crippen LogP contribution in [0.25, 0.3) is 43.5 Å². The van der Waals surface area contributed by atoms with Crippen LogP contribution in [0.4, 0.5) is 17.1 Å². The van der Waals surface area contributed by atoms with Gasteiger partial charge in [0.15, 0.2) is 0 Å². The SMILES string of the molecule is CCCCCCSc1ccc(N(c2ccc(SCCCCCC)cc2)c2ccc(-c3ccc(-c4cc(-c5ccccc5)nc(-c5ccccn5)c4)s3)cc2)cc1. The largest absolute Gasteiger partial charge is 0.311 e. The van der Waals surface area contributed by atoms with E-state index in [0.29, 0.717) is 0 Å². The third-order valence-electron chi connectivity index (χ3n) is 9.85. The molecule has 0 amide bonds. The number of thiophene rings is 1. The fourth-order valence-electron chi connectivity index (χ4n) is 6.77. The van der Waals surface area contributed by atoms with Gasteiger partial charge < -0.3 is 4.90 Å². The Labute approximate surface area is 346 Å². The van der Waals surface area contributed by atoms with Crippen LogP contribution in [0, 0.1) is 0 Å². The molecule has 3 heterocycles. The molecule has 7 rings (SSSR count). The molecule has 3 nitrogen and oxygen atoms in total. The van der Waals surface area contributed by atoms with Crippen molar-refractivity contribution >= 4 is 51.9 Å². The van der Waals surface area contributed by atoms with Gasteiger partial charge in [-0.1, -0.05) is 101 Å². The van der Waals surface area contributed by atoms with Crippen molar-refractivity contribution in [3.8, 4) is 43.5 Å². The summed E-state index contributed by atoms with van der Waals surface area (Å²) in [6, 6.07) is 52.6. The number of nitrogens with zero attached hydrogens (tertiary/aromatic N) is 3. The molecule has 0 N–H and O–H groups in total. The first-order valence-electron chi connectivity index (χ1n) is 20.1. The van der Waals surface area contributed by atoms with E-state index in [1.54, 1.807) is 0 Å². The standard InChI is InChI=1S/C50H51N3S3/c1-3-5-7-14-34-54-44-27-23-42(24-28-44)53(43-25-29-45(30-26-43)55-35-15-8-6-4-2)41-21-19-39(20-22-41)49-31-32-50(56-49)40-36-47(38-16-10-9-11-17-38)52-48(37-40)46-18-12-13-33-51-46/h9-13,16-33,36-37H,3-8,14-15,34-35H2,1-2H3. The Bertz CT molecular complexity index is 2100. The van der Waals surface area contributed by atoms with Crippen molar-refractivity contribution < 1.29 is 0 Å². The maximum Gasteiger partial charge on any atom is 0.0900 e. The maximum atomic E-state index is 5.03. The Kier molecular flexibility index (Phi) is 14.5. The van der Waals surface area contributed by atoms with E-state index in [2.05, 4.69) is 145 Å². The maximum absolute atomic E-state index is 5.03. The van der Waals surface area contributed by atoms with Crippen molar-refractivity contribution in [2.24, 2.45) is 0 Å². The van der Waals surface area contributed by atoms with E-state index in [4.69, 9.17) is 4.98 Å². The smallest absolute Gasteiger partial charge is 0.0900 e. The molecule has 0 aliphatic carbocycles. The van der Waals surface area contributed by atoms with Crippen LogP contribution in [0.5, 0.6) is 0 Å². The monoisotopic (exact) mass is 789 g/mol. The van der Waals surface area contributed by atoms with Crippen LogP contribution in [0.1, 0.15) is 65.2 Å². The van der Waals surface area contributed by atoms with E-state index in [1.165, 1.54) is 99.4 Å². The fraction of sp³-hybridized carbons (Fsp3) is 0.240. The van der Waals surface area contributed by atoms with Crippen LogP contribution in [-0.2, 0) is 0 Å². The topological polar surface area (TPSA) is 29.0 Å². The van der Waals surface area contributed by atoms with Crippen molar-refractivity contribution in [2.45, 2.75) is 75.0 Å². The quantitative estimate of drug-likeness (QED) is 0.0601. The van der Waals surface area contributed by atoms with Crippen LogP contribution in [-0.4, -0.2) is 21.5 Å². The molecule has 3 aromatic heterocycles. The number of pyridine rings is 2. The van der Waals surface area contributed by atoms with E-state index in [0.717, 1.165) is 33.9 Å². The molecular formula is C50H51N3S3. The molecular weight excluding hydrogens is 739 g/mol. The highest BCUT2D eigenvalue weighted by atomic mass is 32.2. The summed E-state index contributed by atoms with van der Waals surface area (Å²) < 4.78 is 0. The number of anilines is 3. The molecule has 0 radical (unpaired) electrons. The Balaban J connectivity index is 1.14. The minimum Gasteiger partial charge on any atom is -0.311 e. The van der Waals surface area contributed by atoms with Gasteiger partial charge in [0.1, 0.15) is 0 Å². The van der Waals surface area contributed by atoms with Gasteiger partial charge in [-0.2, -0.15) is 0 Å². The number of hydrogen-bond donors (Lipinski definition) is 0. The van der Waals surface area contributed by atoms with Gasteiger partial charge in [-0.25, -0.2) is 4.98 Å². The second kappa shape index (κ2) is 20.5. The molecule has 0 saturated heterocycles. The highest BCUT2D eigenvalue weighted by Gasteiger charge is 2.15. The molecule has 284 valence electrons. The van der Waals surface area contributed by atoms with Gasteiger partial charge >= 0.3 is 0 Å². The van der Waals surface area contributed by atoms with Crippen LogP contribution < -0.4 is 4.90 Å². The summed E-state index contributed by atoms with van der Waals surface area (Å²) in [5.41, 5.74) is 9.61. The molecule has 0 unspecified atom stereocenters. The molecule has 0 bridgehead atoms. The predicted octanol–water partition coefficient (Wildman–Crippen LogP) is 16.0. The first-order valence-corrected chi connectivity index (χ1v) is 22.9. The molecule has 0 aliphatic rings. The number of hydrogen-bond acceptors (Lipinski definition) is 6. The van der Waals surface area contributed by atoms with Crippen molar-refractivity contribution in [3.63, 3.8) is 0 Å². The summed E-state index contributed by atoms with van der Waals surface area (Å²) in [7, 11) is 0. The second-order valence-corrected chi connectivity index (χ2v) is 17.5. The minimum absolute atomic E-state index is 0.870. The van der Waals surface area contributed by atoms with E-state index in [-0.39, 0.29) is 0 Å². The average molecular weight is 790 g/mol. The van der Waals surface area contributed by atoms with Crippen LogP contribution in [0.3, 0.4) is 0 Å². The van der Waals surface area contributed by atoms with Gasteiger partial charge in [0.05, 0.1) is 17.1 Å². The summed E-state index contributed by atoms with van der Waals surface area (Å²) >= 11 is 5.75. The Hall–Kier alpha value is -4.62. The van der Waals surface area contributed by atoms with Gasteiger partial charge in [-0.05, 0) is 133 Å². The van der Waals surface area contributed by atoms with E-state index in [1.807, 2.05) is 65.3 Å². The Morgan fingerprint density at radius 3 is 1.55 bits per heavy atom. The second-order valence-electron chi connectivity index (χ2n) is 14.1. The lowest BCUT2D eigenvalue weighted by Gasteiger charge is -2.26. The van der Waals surface area contributed by atoms with Crippen LogP contribution in [0.2, 0.25) is 0 Å². The molecule has 56 heavy (non-hydrogen) atoms. The Morgan fingerprint density at radius 2 is 1.00 bits per heavy atom. The normalized spacial score (nSPS) is 11.2. The molecule has 4 aromatic carbocycles. The first kappa shape index (κ1) is 39.6. The summed E-state index contributed by atoms with van der Waals surface area (Å²) in [5.74, 6) is 2.35. The van der Waals surface area contributed by atoms with E-state index >= 15 is 0 Å². The van der Waals surface area contributed by atoms with Crippen LogP contribution >= 0.6 is 34.9 Å². The van der Waals surface area contributed by atoms with E-state index < -0.39 is 0 Å². The van der Waals surface area contributed by atoms with E-state index in [9.17, 15) is 0 Å². The van der Waals surface area contributed by atoms with Crippen molar-refractivity contribution in [2.75, 3.05) is 16.4 Å². The van der Waals surface area contributed by atoms with Crippen LogP contribution in [0.15, 0.2) is 162 Å². The zero-order chi connectivity index (χ0) is 38.4. The molecule has 0 atom stereocenters. The Morgan fingerprint density at radius 1 is 0.464 bits per heavy atom. The van der Waals surface area contributed by atoms with Crippen molar-refractivity contribution in [1.29, 1.82) is 0 Å². The summed E-state index contributed by atoms with van der Waals surface area (Å²) in [6.07, 6.45) is 12.2. The molecule has 0 aliphatic heterocycles. The third kappa shape index (κ3) is 10.6. The summed E-state index contributed by atoms with van der Waals surface area (Å²) in [6.45, 7) is 4.55. The molecule has 7 aromatic rings. The predicted molar refractivity (Wildman–Crippen MR) is 246 cm³/mol.